The van der Waals surface area contributed by atoms with Crippen molar-refractivity contribution >= 4 is 11.8 Å². The summed E-state index contributed by atoms with van der Waals surface area (Å²) in [5.41, 5.74) is 0. The maximum atomic E-state index is 12.1. The highest BCUT2D eigenvalue weighted by atomic mass is 16.4. The summed E-state index contributed by atoms with van der Waals surface area (Å²) < 4.78 is 0. The Morgan fingerprint density at radius 1 is 0.880 bits per heavy atom. The number of hydrogen-bond donors (Lipinski definition) is 7. The first-order valence-electron chi connectivity index (χ1n) is 8.70. The molecule has 0 aromatic carbocycles. The zero-order valence-electron chi connectivity index (χ0n) is 14.5. The van der Waals surface area contributed by atoms with Crippen LogP contribution in [0, 0.1) is 11.8 Å². The van der Waals surface area contributed by atoms with Gasteiger partial charge in [0.05, 0.1) is 12.7 Å². The van der Waals surface area contributed by atoms with Gasteiger partial charge in [-0.15, -0.1) is 0 Å². The van der Waals surface area contributed by atoms with Crippen LogP contribution in [0.3, 0.4) is 0 Å². The van der Waals surface area contributed by atoms with Crippen molar-refractivity contribution < 1.29 is 35.1 Å². The maximum Gasteiger partial charge on any atom is 0.223 e. The van der Waals surface area contributed by atoms with Crippen molar-refractivity contribution in [3.63, 3.8) is 0 Å². The minimum atomic E-state index is -1.72. The zero-order valence-corrected chi connectivity index (χ0v) is 14.5. The highest BCUT2D eigenvalue weighted by Crippen LogP contribution is 2.29. The van der Waals surface area contributed by atoms with Gasteiger partial charge in [0.15, 0.2) is 0 Å². The molecule has 4 atom stereocenters. The Bertz CT molecular complexity index is 427. The summed E-state index contributed by atoms with van der Waals surface area (Å²) in [4.78, 5) is 23.9. The fourth-order valence-corrected chi connectivity index (χ4v) is 2.97. The van der Waals surface area contributed by atoms with Crippen molar-refractivity contribution in [2.75, 3.05) is 19.7 Å². The summed E-state index contributed by atoms with van der Waals surface area (Å²) in [5.74, 6) is -0.608. The highest BCUT2D eigenvalue weighted by molar-refractivity contribution is 5.81. The molecule has 2 unspecified atom stereocenters. The van der Waals surface area contributed by atoms with Gasteiger partial charge in [0, 0.05) is 24.9 Å². The molecule has 1 aliphatic carbocycles. The predicted molar refractivity (Wildman–Crippen MR) is 88.3 cm³/mol. The summed E-state index contributed by atoms with van der Waals surface area (Å²) in [7, 11) is 0. The van der Waals surface area contributed by atoms with Crippen LogP contribution in [0.15, 0.2) is 0 Å². The number of hydrogen-bond acceptors (Lipinski definition) is 7. The highest BCUT2D eigenvalue weighted by Gasteiger charge is 2.32. The fraction of sp³-hybridized carbons (Fsp3) is 0.875. The Balaban J connectivity index is 2.36. The second-order valence-electron chi connectivity index (χ2n) is 6.49. The molecule has 0 bridgehead atoms. The van der Waals surface area contributed by atoms with Crippen molar-refractivity contribution in [3.8, 4) is 0 Å². The van der Waals surface area contributed by atoms with Crippen molar-refractivity contribution in [2.24, 2.45) is 11.8 Å². The van der Waals surface area contributed by atoms with Crippen LogP contribution >= 0.6 is 0 Å². The van der Waals surface area contributed by atoms with E-state index in [1.165, 1.54) is 0 Å². The van der Waals surface area contributed by atoms with E-state index in [1.807, 2.05) is 6.92 Å². The van der Waals surface area contributed by atoms with Gasteiger partial charge in [0.25, 0.3) is 0 Å². The SMILES string of the molecule is CCNC(=O)C1CCC(C(=O)NCC(O)[C@@H](O)C(O)[C@H](O)CO)CC1. The van der Waals surface area contributed by atoms with Crippen molar-refractivity contribution in [1.82, 2.24) is 10.6 Å². The minimum Gasteiger partial charge on any atom is -0.394 e. The van der Waals surface area contributed by atoms with E-state index in [1.54, 1.807) is 0 Å². The Hall–Kier alpha value is -1.26. The Morgan fingerprint density at radius 2 is 1.32 bits per heavy atom. The molecule has 1 aliphatic rings. The Morgan fingerprint density at radius 3 is 1.76 bits per heavy atom. The van der Waals surface area contributed by atoms with Crippen LogP contribution in [0.2, 0.25) is 0 Å². The van der Waals surface area contributed by atoms with Crippen LogP contribution in [-0.4, -0.2) is 81.5 Å². The third kappa shape index (κ3) is 6.52. The monoisotopic (exact) mass is 362 g/mol. The van der Waals surface area contributed by atoms with E-state index in [0.29, 0.717) is 32.2 Å². The molecule has 0 aliphatic heterocycles. The topological polar surface area (TPSA) is 159 Å². The van der Waals surface area contributed by atoms with Gasteiger partial charge in [-0.3, -0.25) is 9.59 Å². The molecule has 0 aromatic heterocycles. The molecule has 0 saturated heterocycles. The second-order valence-corrected chi connectivity index (χ2v) is 6.49. The quantitative estimate of drug-likeness (QED) is 0.238. The third-order valence-electron chi connectivity index (χ3n) is 4.63. The van der Waals surface area contributed by atoms with Crippen LogP contribution in [-0.2, 0) is 9.59 Å². The lowest BCUT2D eigenvalue weighted by Gasteiger charge is -2.28. The molecule has 9 heteroatoms. The summed E-state index contributed by atoms with van der Waals surface area (Å²) in [6.07, 6.45) is -4.10. The molecule has 0 heterocycles. The van der Waals surface area contributed by atoms with Crippen LogP contribution < -0.4 is 10.6 Å². The van der Waals surface area contributed by atoms with E-state index in [-0.39, 0.29) is 30.2 Å². The molecule has 2 amide bonds. The maximum absolute atomic E-state index is 12.1. The van der Waals surface area contributed by atoms with Crippen LogP contribution in [0.25, 0.3) is 0 Å². The number of carbonyl (C=O) groups excluding carboxylic acids is 2. The van der Waals surface area contributed by atoms with E-state index < -0.39 is 31.0 Å². The number of carbonyl (C=O) groups is 2. The van der Waals surface area contributed by atoms with E-state index in [9.17, 15) is 30.0 Å². The van der Waals surface area contributed by atoms with E-state index in [2.05, 4.69) is 10.6 Å². The van der Waals surface area contributed by atoms with Crippen LogP contribution in [0.1, 0.15) is 32.6 Å². The first-order chi connectivity index (χ1) is 11.8. The first-order valence-corrected chi connectivity index (χ1v) is 8.70. The van der Waals surface area contributed by atoms with Gasteiger partial charge in [0.1, 0.15) is 18.3 Å². The molecule has 1 rings (SSSR count). The smallest absolute Gasteiger partial charge is 0.223 e. The molecule has 146 valence electrons. The molecule has 1 saturated carbocycles. The molecule has 7 N–H and O–H groups in total. The zero-order chi connectivity index (χ0) is 19.0. The summed E-state index contributed by atoms with van der Waals surface area (Å²) >= 11 is 0. The fourth-order valence-electron chi connectivity index (χ4n) is 2.97. The molecule has 0 radical (unpaired) electrons. The largest absolute Gasteiger partial charge is 0.394 e. The van der Waals surface area contributed by atoms with Crippen LogP contribution in [0.5, 0.6) is 0 Å². The molecular formula is C16H30N2O7. The Kier molecular flexibility index (Phi) is 9.30. The second kappa shape index (κ2) is 10.7. The van der Waals surface area contributed by atoms with E-state index >= 15 is 0 Å². The van der Waals surface area contributed by atoms with Crippen LogP contribution in [0.4, 0.5) is 0 Å². The lowest BCUT2D eigenvalue weighted by Crippen LogP contribution is -2.50. The third-order valence-corrected chi connectivity index (χ3v) is 4.63. The lowest BCUT2D eigenvalue weighted by molar-refractivity contribution is -0.132. The number of nitrogens with one attached hydrogen (secondary N) is 2. The minimum absolute atomic E-state index is 0.0105. The molecule has 25 heavy (non-hydrogen) atoms. The number of rotatable bonds is 9. The van der Waals surface area contributed by atoms with Gasteiger partial charge in [-0.1, -0.05) is 0 Å². The van der Waals surface area contributed by atoms with E-state index in [4.69, 9.17) is 5.11 Å². The lowest BCUT2D eigenvalue weighted by atomic mass is 9.81. The summed E-state index contributed by atoms with van der Waals surface area (Å²) in [5, 5.41) is 52.2. The standard InChI is InChI=1S/C16H30N2O7/c1-2-17-15(24)9-3-5-10(6-4-9)16(25)18-7-11(20)13(22)14(23)12(21)8-19/h9-14,19-23H,2-8H2,1H3,(H,17,24)(H,18,25)/t9?,10?,11?,12-,13-,14?/m1/s1. The van der Waals surface area contributed by atoms with Gasteiger partial charge in [0.2, 0.25) is 11.8 Å². The number of aliphatic hydroxyl groups excluding tert-OH is 5. The first kappa shape index (κ1) is 21.8. The molecule has 0 spiro atoms. The number of amides is 2. The van der Waals surface area contributed by atoms with Gasteiger partial charge < -0.3 is 36.2 Å². The van der Waals surface area contributed by atoms with Crippen molar-refractivity contribution in [2.45, 2.75) is 57.0 Å². The average molecular weight is 362 g/mol. The molecular weight excluding hydrogens is 332 g/mol. The van der Waals surface area contributed by atoms with Crippen molar-refractivity contribution in [3.05, 3.63) is 0 Å². The van der Waals surface area contributed by atoms with Gasteiger partial charge in [-0.25, -0.2) is 0 Å². The molecule has 9 nitrogen and oxygen atoms in total. The normalized spacial score (nSPS) is 25.5. The van der Waals surface area contributed by atoms with Gasteiger partial charge >= 0.3 is 0 Å². The van der Waals surface area contributed by atoms with Gasteiger partial charge in [-0.05, 0) is 32.6 Å². The average Bonchev–Trinajstić information content (AvgIpc) is 2.64. The van der Waals surface area contributed by atoms with Crippen molar-refractivity contribution in [1.29, 1.82) is 0 Å². The number of aliphatic hydroxyl groups is 5. The molecule has 0 aromatic rings. The molecule has 1 fully saturated rings. The Labute approximate surface area is 147 Å². The van der Waals surface area contributed by atoms with Gasteiger partial charge in [-0.2, -0.15) is 0 Å². The predicted octanol–water partition coefficient (Wildman–Crippen LogP) is -2.52. The summed E-state index contributed by atoms with van der Waals surface area (Å²) in [6.45, 7) is 1.39. The van der Waals surface area contributed by atoms with E-state index in [0.717, 1.165) is 0 Å². The summed E-state index contributed by atoms with van der Waals surface area (Å²) in [6, 6.07) is 0.